The molecule has 0 N–H and O–H groups in total. The molecular weight excluding hydrogens is 214 g/mol. The van der Waals surface area contributed by atoms with Crippen LogP contribution in [0.25, 0.3) is 0 Å². The van der Waals surface area contributed by atoms with Crippen molar-refractivity contribution < 1.29 is 9.59 Å². The van der Waals surface area contributed by atoms with E-state index in [1.165, 1.54) is 4.90 Å². The Hall–Kier alpha value is -2.08. The van der Waals surface area contributed by atoms with Gasteiger partial charge < -0.3 is 0 Å². The number of benzene rings is 1. The number of nitrogens with zero attached hydrogens (tertiary/aromatic N) is 1. The van der Waals surface area contributed by atoms with Crippen molar-refractivity contribution in [3.05, 3.63) is 29.8 Å². The third-order valence-corrected chi connectivity index (χ3v) is 2.80. The van der Waals surface area contributed by atoms with Crippen LogP contribution >= 0.6 is 0 Å². The summed E-state index contributed by atoms with van der Waals surface area (Å²) in [7, 11) is 0. The number of carbonyl (C=O) groups excluding carboxylic acids is 2. The second kappa shape index (κ2) is 4.84. The zero-order valence-corrected chi connectivity index (χ0v) is 9.48. The van der Waals surface area contributed by atoms with E-state index >= 15 is 0 Å². The fraction of sp³-hybridized carbons (Fsp3) is 0.286. The van der Waals surface area contributed by atoms with Crippen LogP contribution < -0.4 is 4.90 Å². The van der Waals surface area contributed by atoms with Gasteiger partial charge in [0.15, 0.2) is 0 Å². The SMILES string of the molecule is C#Cc1cccc(N2C(=O)CCCCC2=O)c1. The van der Waals surface area contributed by atoms with Crippen molar-refractivity contribution in [1.29, 1.82) is 0 Å². The van der Waals surface area contributed by atoms with Gasteiger partial charge in [-0.05, 0) is 31.0 Å². The Morgan fingerprint density at radius 3 is 2.35 bits per heavy atom. The molecule has 1 aromatic carbocycles. The highest BCUT2D eigenvalue weighted by Crippen LogP contribution is 2.22. The molecule has 3 heteroatoms. The van der Waals surface area contributed by atoms with Crippen LogP contribution in [0.3, 0.4) is 0 Å². The predicted molar refractivity (Wildman–Crippen MR) is 65.3 cm³/mol. The van der Waals surface area contributed by atoms with E-state index in [9.17, 15) is 9.59 Å². The van der Waals surface area contributed by atoms with E-state index < -0.39 is 0 Å². The number of hydrogen-bond donors (Lipinski definition) is 0. The molecule has 0 unspecified atom stereocenters. The molecule has 86 valence electrons. The van der Waals surface area contributed by atoms with Crippen LogP contribution in [0.2, 0.25) is 0 Å². The molecule has 17 heavy (non-hydrogen) atoms. The summed E-state index contributed by atoms with van der Waals surface area (Å²) in [5.74, 6) is 2.23. The van der Waals surface area contributed by atoms with Crippen molar-refractivity contribution in [1.82, 2.24) is 0 Å². The van der Waals surface area contributed by atoms with Gasteiger partial charge in [-0.2, -0.15) is 0 Å². The summed E-state index contributed by atoms with van der Waals surface area (Å²) < 4.78 is 0. The van der Waals surface area contributed by atoms with Gasteiger partial charge in [-0.3, -0.25) is 14.5 Å². The minimum absolute atomic E-state index is 0.137. The molecule has 0 atom stereocenters. The van der Waals surface area contributed by atoms with E-state index in [0.717, 1.165) is 12.8 Å². The molecule has 2 amide bonds. The Kier molecular flexibility index (Phi) is 3.24. The lowest BCUT2D eigenvalue weighted by molar-refractivity contribution is -0.125. The highest BCUT2D eigenvalue weighted by atomic mass is 16.2. The molecule has 1 heterocycles. The average Bonchev–Trinajstić information content (AvgIpc) is 2.51. The normalized spacial score (nSPS) is 16.5. The van der Waals surface area contributed by atoms with Gasteiger partial charge in [-0.15, -0.1) is 6.42 Å². The topological polar surface area (TPSA) is 37.4 Å². The van der Waals surface area contributed by atoms with Gasteiger partial charge in [-0.25, -0.2) is 0 Å². The molecule has 1 aliphatic heterocycles. The summed E-state index contributed by atoms with van der Waals surface area (Å²) in [5.41, 5.74) is 1.25. The minimum Gasteiger partial charge on any atom is -0.274 e. The van der Waals surface area contributed by atoms with E-state index in [0.29, 0.717) is 24.1 Å². The molecule has 2 rings (SSSR count). The van der Waals surface area contributed by atoms with E-state index in [1.54, 1.807) is 24.3 Å². The Morgan fingerprint density at radius 1 is 1.12 bits per heavy atom. The number of rotatable bonds is 1. The Bertz CT molecular complexity index is 481. The van der Waals surface area contributed by atoms with Gasteiger partial charge in [0.25, 0.3) is 0 Å². The molecule has 1 fully saturated rings. The minimum atomic E-state index is -0.137. The smallest absolute Gasteiger partial charge is 0.233 e. The number of hydrogen-bond acceptors (Lipinski definition) is 2. The first-order valence-corrected chi connectivity index (χ1v) is 5.65. The van der Waals surface area contributed by atoms with Crippen LogP contribution in [-0.4, -0.2) is 11.8 Å². The van der Waals surface area contributed by atoms with Crippen molar-refractivity contribution in [2.75, 3.05) is 4.90 Å². The Morgan fingerprint density at radius 2 is 1.76 bits per heavy atom. The summed E-state index contributed by atoms with van der Waals surface area (Å²) in [6.45, 7) is 0. The standard InChI is InChI=1S/C14H13NO2/c1-2-11-6-5-7-12(10-11)15-13(16)8-3-4-9-14(15)17/h1,5-7,10H,3-4,8-9H2. The summed E-state index contributed by atoms with van der Waals surface area (Å²) in [5, 5.41) is 0. The first-order chi connectivity index (χ1) is 8.22. The molecule has 0 aromatic heterocycles. The van der Waals surface area contributed by atoms with Gasteiger partial charge in [0, 0.05) is 18.4 Å². The Labute approximate surface area is 100 Å². The quantitative estimate of drug-likeness (QED) is 0.544. The first-order valence-electron chi connectivity index (χ1n) is 5.65. The summed E-state index contributed by atoms with van der Waals surface area (Å²) in [4.78, 5) is 25.0. The van der Waals surface area contributed by atoms with E-state index in [2.05, 4.69) is 5.92 Å². The summed E-state index contributed by atoms with van der Waals surface area (Å²) in [6.07, 6.45) is 7.70. The van der Waals surface area contributed by atoms with Crippen molar-refractivity contribution in [3.8, 4) is 12.3 Å². The van der Waals surface area contributed by atoms with Crippen LogP contribution in [0.15, 0.2) is 24.3 Å². The molecule has 0 aliphatic carbocycles. The van der Waals surface area contributed by atoms with Crippen molar-refractivity contribution in [3.63, 3.8) is 0 Å². The highest BCUT2D eigenvalue weighted by molar-refractivity contribution is 6.15. The number of imide groups is 1. The lowest BCUT2D eigenvalue weighted by Gasteiger charge is -2.18. The fourth-order valence-electron chi connectivity index (χ4n) is 1.94. The summed E-state index contributed by atoms with van der Waals surface area (Å²) >= 11 is 0. The number of terminal acetylenes is 1. The lowest BCUT2D eigenvalue weighted by atomic mass is 10.2. The largest absolute Gasteiger partial charge is 0.274 e. The second-order valence-electron chi connectivity index (χ2n) is 4.02. The predicted octanol–water partition coefficient (Wildman–Crippen LogP) is 2.10. The maximum atomic E-state index is 11.9. The fourth-order valence-corrected chi connectivity index (χ4v) is 1.94. The molecule has 1 aromatic rings. The zero-order valence-electron chi connectivity index (χ0n) is 9.48. The molecule has 3 nitrogen and oxygen atoms in total. The van der Waals surface area contributed by atoms with Gasteiger partial charge in [0.1, 0.15) is 0 Å². The molecule has 0 spiro atoms. The zero-order chi connectivity index (χ0) is 12.3. The van der Waals surface area contributed by atoms with E-state index in [4.69, 9.17) is 6.42 Å². The molecule has 1 saturated heterocycles. The molecular formula is C14H13NO2. The van der Waals surface area contributed by atoms with Crippen LogP contribution in [-0.2, 0) is 9.59 Å². The van der Waals surface area contributed by atoms with Gasteiger partial charge in [-0.1, -0.05) is 12.0 Å². The first kappa shape index (κ1) is 11.4. The third-order valence-electron chi connectivity index (χ3n) is 2.80. The lowest BCUT2D eigenvalue weighted by Crippen LogP contribution is -2.35. The third kappa shape index (κ3) is 2.36. The van der Waals surface area contributed by atoms with Gasteiger partial charge >= 0.3 is 0 Å². The van der Waals surface area contributed by atoms with Crippen molar-refractivity contribution >= 4 is 17.5 Å². The van der Waals surface area contributed by atoms with Crippen molar-refractivity contribution in [2.24, 2.45) is 0 Å². The number of anilines is 1. The van der Waals surface area contributed by atoms with E-state index in [1.807, 2.05) is 0 Å². The maximum absolute atomic E-state index is 11.9. The number of amides is 2. The van der Waals surface area contributed by atoms with E-state index in [-0.39, 0.29) is 11.8 Å². The monoisotopic (exact) mass is 227 g/mol. The maximum Gasteiger partial charge on any atom is 0.233 e. The molecule has 0 radical (unpaired) electrons. The molecule has 0 bridgehead atoms. The highest BCUT2D eigenvalue weighted by Gasteiger charge is 2.25. The van der Waals surface area contributed by atoms with Crippen LogP contribution in [0.4, 0.5) is 5.69 Å². The van der Waals surface area contributed by atoms with Crippen LogP contribution in [0.1, 0.15) is 31.2 Å². The second-order valence-corrected chi connectivity index (χ2v) is 4.02. The van der Waals surface area contributed by atoms with Gasteiger partial charge in [0.2, 0.25) is 11.8 Å². The van der Waals surface area contributed by atoms with Gasteiger partial charge in [0.05, 0.1) is 5.69 Å². The molecule has 0 saturated carbocycles. The summed E-state index contributed by atoms with van der Waals surface area (Å²) in [6, 6.07) is 6.97. The van der Waals surface area contributed by atoms with Crippen LogP contribution in [0, 0.1) is 12.3 Å². The van der Waals surface area contributed by atoms with Crippen molar-refractivity contribution in [2.45, 2.75) is 25.7 Å². The average molecular weight is 227 g/mol. The molecule has 1 aliphatic rings. The Balaban J connectivity index is 2.38. The van der Waals surface area contributed by atoms with Crippen LogP contribution in [0.5, 0.6) is 0 Å². The number of carbonyl (C=O) groups is 2.